The normalized spacial score (nSPS) is 13.2. The minimum absolute atomic E-state index is 0.294. The van der Waals surface area contributed by atoms with Crippen molar-refractivity contribution in [3.63, 3.8) is 0 Å². The summed E-state index contributed by atoms with van der Waals surface area (Å²) in [7, 11) is 0. The zero-order chi connectivity index (χ0) is 19.5. The molecule has 8 heteroatoms. The van der Waals surface area contributed by atoms with Gasteiger partial charge in [0.05, 0.1) is 22.7 Å². The number of H-pyrrole nitrogens is 1. The second-order valence-corrected chi connectivity index (χ2v) is 8.70. The first-order valence-corrected chi connectivity index (χ1v) is 11.1. The van der Waals surface area contributed by atoms with Gasteiger partial charge in [-0.3, -0.25) is 9.89 Å². The Bertz CT molecular complexity index is 989. The molecule has 0 fully saturated rings. The number of nitrogens with one attached hydrogen (secondary N) is 2. The van der Waals surface area contributed by atoms with Gasteiger partial charge in [0.1, 0.15) is 5.00 Å². The first-order valence-electron chi connectivity index (χ1n) is 9.39. The topological polar surface area (TPSA) is 84.1 Å². The Morgan fingerprint density at radius 1 is 1.32 bits per heavy atom. The number of carbonyl (C=O) groups is 2. The van der Waals surface area contributed by atoms with Gasteiger partial charge in [0.25, 0.3) is 5.91 Å². The number of esters is 1. The molecule has 3 aromatic heterocycles. The fourth-order valence-electron chi connectivity index (χ4n) is 3.30. The predicted octanol–water partition coefficient (Wildman–Crippen LogP) is 4.90. The van der Waals surface area contributed by atoms with Gasteiger partial charge in [0.2, 0.25) is 0 Å². The van der Waals surface area contributed by atoms with Crippen molar-refractivity contribution in [2.75, 3.05) is 11.9 Å². The van der Waals surface area contributed by atoms with Gasteiger partial charge in [-0.1, -0.05) is 13.0 Å². The molecule has 0 saturated carbocycles. The molecule has 1 aliphatic rings. The van der Waals surface area contributed by atoms with E-state index < -0.39 is 0 Å². The molecule has 146 valence electrons. The molecule has 4 rings (SSSR count). The van der Waals surface area contributed by atoms with Gasteiger partial charge in [0.15, 0.2) is 5.69 Å². The molecular weight excluding hydrogens is 394 g/mol. The molecule has 28 heavy (non-hydrogen) atoms. The van der Waals surface area contributed by atoms with Crippen LogP contribution in [-0.2, 0) is 17.6 Å². The van der Waals surface area contributed by atoms with Gasteiger partial charge >= 0.3 is 5.97 Å². The van der Waals surface area contributed by atoms with E-state index in [9.17, 15) is 9.59 Å². The predicted molar refractivity (Wildman–Crippen MR) is 111 cm³/mol. The zero-order valence-electron chi connectivity index (χ0n) is 15.5. The van der Waals surface area contributed by atoms with Crippen molar-refractivity contribution in [2.45, 2.75) is 39.0 Å². The van der Waals surface area contributed by atoms with Gasteiger partial charge in [-0.05, 0) is 55.2 Å². The van der Waals surface area contributed by atoms with Gasteiger partial charge in [-0.15, -0.1) is 22.7 Å². The van der Waals surface area contributed by atoms with Crippen molar-refractivity contribution in [3.05, 3.63) is 45.3 Å². The maximum Gasteiger partial charge on any atom is 0.341 e. The summed E-state index contributed by atoms with van der Waals surface area (Å²) >= 11 is 3.06. The van der Waals surface area contributed by atoms with Crippen LogP contribution < -0.4 is 5.32 Å². The maximum absolute atomic E-state index is 12.8. The number of hydrogen-bond donors (Lipinski definition) is 2. The largest absolute Gasteiger partial charge is 0.462 e. The summed E-state index contributed by atoms with van der Waals surface area (Å²) in [6.07, 6.45) is 4.71. The van der Waals surface area contributed by atoms with Gasteiger partial charge in [-0.25, -0.2) is 4.79 Å². The standard InChI is InChI=1S/C20H21N3O3S2/c1-2-9-26-20(25)17-12-6-3-4-7-15(12)28-19(17)21-18(24)14-11-13(22-23-14)16-8-5-10-27-16/h5,8,10-11H,2-4,6-7,9H2,1H3,(H,21,24)(H,22,23). The smallest absolute Gasteiger partial charge is 0.341 e. The Hall–Kier alpha value is -2.45. The van der Waals surface area contributed by atoms with E-state index in [4.69, 9.17) is 4.74 Å². The minimum atomic E-state index is -0.349. The van der Waals surface area contributed by atoms with E-state index in [0.29, 0.717) is 22.9 Å². The Labute approximate surface area is 170 Å². The number of thiophene rings is 2. The first kappa shape index (κ1) is 18.9. The van der Waals surface area contributed by atoms with Crippen molar-refractivity contribution >= 4 is 39.6 Å². The number of amides is 1. The number of aromatic nitrogens is 2. The molecule has 3 heterocycles. The van der Waals surface area contributed by atoms with E-state index in [1.165, 1.54) is 16.2 Å². The Balaban J connectivity index is 1.59. The van der Waals surface area contributed by atoms with E-state index in [1.54, 1.807) is 17.4 Å². The van der Waals surface area contributed by atoms with Gasteiger partial charge in [0, 0.05) is 4.88 Å². The maximum atomic E-state index is 12.8. The van der Waals surface area contributed by atoms with E-state index in [2.05, 4.69) is 15.5 Å². The molecule has 0 unspecified atom stereocenters. The van der Waals surface area contributed by atoms with Crippen LogP contribution in [0.25, 0.3) is 10.6 Å². The molecular formula is C20H21N3O3S2. The van der Waals surface area contributed by atoms with Crippen LogP contribution in [0.1, 0.15) is 57.5 Å². The summed E-state index contributed by atoms with van der Waals surface area (Å²) < 4.78 is 5.38. The Kier molecular flexibility index (Phi) is 5.59. The summed E-state index contributed by atoms with van der Waals surface area (Å²) in [5.41, 5.74) is 2.65. The average Bonchev–Trinajstić information content (AvgIpc) is 3.44. The highest BCUT2D eigenvalue weighted by Crippen LogP contribution is 2.39. The van der Waals surface area contributed by atoms with Crippen LogP contribution in [-0.4, -0.2) is 28.7 Å². The average molecular weight is 416 g/mol. The van der Waals surface area contributed by atoms with Crippen molar-refractivity contribution in [1.29, 1.82) is 0 Å². The monoisotopic (exact) mass is 415 g/mol. The molecule has 3 aromatic rings. The van der Waals surface area contributed by atoms with E-state index in [1.807, 2.05) is 24.4 Å². The van der Waals surface area contributed by atoms with Gasteiger partial charge < -0.3 is 10.1 Å². The number of anilines is 1. The molecule has 0 radical (unpaired) electrons. The lowest BCUT2D eigenvalue weighted by molar-refractivity contribution is 0.0505. The second kappa shape index (κ2) is 8.28. The molecule has 2 N–H and O–H groups in total. The molecule has 1 aliphatic carbocycles. The van der Waals surface area contributed by atoms with Crippen LogP contribution in [0.5, 0.6) is 0 Å². The zero-order valence-corrected chi connectivity index (χ0v) is 17.2. The molecule has 0 atom stereocenters. The SMILES string of the molecule is CCCOC(=O)c1c(NC(=O)c2cc(-c3cccs3)[nH]n2)sc2c1CCCC2. The lowest BCUT2D eigenvalue weighted by Gasteiger charge is -2.12. The Morgan fingerprint density at radius 3 is 2.96 bits per heavy atom. The van der Waals surface area contributed by atoms with Crippen LogP contribution in [0.3, 0.4) is 0 Å². The first-order chi connectivity index (χ1) is 13.7. The van der Waals surface area contributed by atoms with Crippen molar-refractivity contribution < 1.29 is 14.3 Å². The van der Waals surface area contributed by atoms with E-state index in [0.717, 1.165) is 48.2 Å². The third-order valence-electron chi connectivity index (χ3n) is 4.64. The molecule has 0 aliphatic heterocycles. The number of aromatic amines is 1. The minimum Gasteiger partial charge on any atom is -0.462 e. The summed E-state index contributed by atoms with van der Waals surface area (Å²) in [6.45, 7) is 2.34. The number of ether oxygens (including phenoxy) is 1. The quantitative estimate of drug-likeness (QED) is 0.561. The number of carbonyl (C=O) groups excluding carboxylic acids is 2. The van der Waals surface area contributed by atoms with Crippen molar-refractivity contribution in [1.82, 2.24) is 10.2 Å². The summed E-state index contributed by atoms with van der Waals surface area (Å²) in [5, 5.41) is 12.5. The lowest BCUT2D eigenvalue weighted by atomic mass is 9.95. The third-order valence-corrected chi connectivity index (χ3v) is 6.75. The second-order valence-electron chi connectivity index (χ2n) is 6.65. The van der Waals surface area contributed by atoms with E-state index >= 15 is 0 Å². The molecule has 6 nitrogen and oxygen atoms in total. The summed E-state index contributed by atoms with van der Waals surface area (Å²) in [4.78, 5) is 27.6. The third kappa shape index (κ3) is 3.74. The fourth-order valence-corrected chi connectivity index (χ4v) is 5.26. The highest BCUT2D eigenvalue weighted by Gasteiger charge is 2.28. The number of rotatable bonds is 6. The fraction of sp³-hybridized carbons (Fsp3) is 0.350. The van der Waals surface area contributed by atoms with Crippen molar-refractivity contribution in [3.8, 4) is 10.6 Å². The van der Waals surface area contributed by atoms with Crippen LogP contribution in [0.15, 0.2) is 23.6 Å². The van der Waals surface area contributed by atoms with Crippen LogP contribution in [0, 0.1) is 0 Å². The van der Waals surface area contributed by atoms with E-state index in [-0.39, 0.29) is 11.9 Å². The molecule has 0 saturated heterocycles. The highest BCUT2D eigenvalue weighted by atomic mass is 32.1. The molecule has 0 bridgehead atoms. The molecule has 0 spiro atoms. The van der Waals surface area contributed by atoms with Crippen LogP contribution in [0.2, 0.25) is 0 Å². The molecule has 0 aromatic carbocycles. The number of nitrogens with zero attached hydrogens (tertiary/aromatic N) is 1. The summed E-state index contributed by atoms with van der Waals surface area (Å²) in [5.74, 6) is -0.681. The van der Waals surface area contributed by atoms with Crippen LogP contribution >= 0.6 is 22.7 Å². The number of aryl methyl sites for hydroxylation is 1. The van der Waals surface area contributed by atoms with Crippen molar-refractivity contribution in [2.24, 2.45) is 0 Å². The Morgan fingerprint density at radius 2 is 2.18 bits per heavy atom. The molecule has 1 amide bonds. The van der Waals surface area contributed by atoms with Gasteiger partial charge in [-0.2, -0.15) is 5.10 Å². The van der Waals surface area contributed by atoms with Crippen LogP contribution in [0.4, 0.5) is 5.00 Å². The number of fused-ring (bicyclic) bond motifs is 1. The highest BCUT2D eigenvalue weighted by molar-refractivity contribution is 7.17. The summed E-state index contributed by atoms with van der Waals surface area (Å²) in [6, 6.07) is 5.64. The number of hydrogen-bond acceptors (Lipinski definition) is 6. The lowest BCUT2D eigenvalue weighted by Crippen LogP contribution is -2.16.